The lowest BCUT2D eigenvalue weighted by Gasteiger charge is -2.11. The van der Waals surface area contributed by atoms with Gasteiger partial charge < -0.3 is 9.73 Å². The molecular formula is C19H12ClN3O4. The largest absolute Gasteiger partial charge is 0.467 e. The second-order valence-corrected chi connectivity index (χ2v) is 6.29. The third-order valence-electron chi connectivity index (χ3n) is 4.10. The maximum Gasteiger partial charge on any atom is 0.261 e. The molecule has 3 amide bonds. The van der Waals surface area contributed by atoms with Crippen molar-refractivity contribution in [2.45, 2.75) is 6.54 Å². The van der Waals surface area contributed by atoms with Crippen LogP contribution < -0.4 is 5.32 Å². The van der Waals surface area contributed by atoms with Crippen molar-refractivity contribution in [2.24, 2.45) is 0 Å². The zero-order valence-corrected chi connectivity index (χ0v) is 14.6. The molecule has 1 N–H and O–H groups in total. The molecule has 4 rings (SSSR count). The van der Waals surface area contributed by atoms with Gasteiger partial charge in [0.25, 0.3) is 17.7 Å². The van der Waals surface area contributed by atoms with Gasteiger partial charge in [-0.05, 0) is 42.5 Å². The molecule has 0 atom stereocenters. The van der Waals surface area contributed by atoms with Crippen LogP contribution in [0.15, 0.2) is 59.3 Å². The van der Waals surface area contributed by atoms with Gasteiger partial charge in [-0.3, -0.25) is 19.3 Å². The Bertz CT molecular complexity index is 1050. The molecular weight excluding hydrogens is 370 g/mol. The zero-order chi connectivity index (χ0) is 19.0. The van der Waals surface area contributed by atoms with E-state index in [0.717, 1.165) is 4.90 Å². The van der Waals surface area contributed by atoms with Crippen LogP contribution in [-0.4, -0.2) is 27.6 Å². The molecule has 0 radical (unpaired) electrons. The summed E-state index contributed by atoms with van der Waals surface area (Å²) in [6, 6.07) is 10.9. The molecule has 1 aliphatic heterocycles. The third-order valence-corrected chi connectivity index (χ3v) is 4.32. The maximum atomic E-state index is 12.6. The fourth-order valence-corrected chi connectivity index (χ4v) is 2.88. The fraction of sp³-hybridized carbons (Fsp3) is 0.0526. The molecule has 0 spiro atoms. The van der Waals surface area contributed by atoms with E-state index >= 15 is 0 Å². The molecule has 3 heterocycles. The van der Waals surface area contributed by atoms with Gasteiger partial charge in [0, 0.05) is 11.8 Å². The first-order valence-electron chi connectivity index (χ1n) is 7.98. The number of amides is 3. The number of nitrogens with zero attached hydrogens (tertiary/aromatic N) is 2. The number of halogens is 1. The van der Waals surface area contributed by atoms with Crippen molar-refractivity contribution in [3.8, 4) is 0 Å². The summed E-state index contributed by atoms with van der Waals surface area (Å²) in [6.07, 6.45) is 2.88. The van der Waals surface area contributed by atoms with Gasteiger partial charge in [0.05, 0.1) is 29.0 Å². The molecule has 27 heavy (non-hydrogen) atoms. The Balaban J connectivity index is 1.57. The van der Waals surface area contributed by atoms with Crippen molar-refractivity contribution >= 4 is 35.1 Å². The molecule has 0 saturated heterocycles. The van der Waals surface area contributed by atoms with Crippen LogP contribution in [-0.2, 0) is 6.54 Å². The monoisotopic (exact) mass is 381 g/mol. The Kier molecular flexibility index (Phi) is 4.21. The average molecular weight is 382 g/mol. The van der Waals surface area contributed by atoms with E-state index in [1.807, 2.05) is 0 Å². The molecule has 1 aromatic carbocycles. The zero-order valence-electron chi connectivity index (χ0n) is 13.8. The number of imide groups is 1. The minimum absolute atomic E-state index is 0.0373. The van der Waals surface area contributed by atoms with Crippen LogP contribution in [0.2, 0.25) is 5.02 Å². The highest BCUT2D eigenvalue weighted by molar-refractivity contribution is 6.30. The van der Waals surface area contributed by atoms with Crippen molar-refractivity contribution in [3.05, 3.63) is 82.4 Å². The predicted molar refractivity (Wildman–Crippen MR) is 96.6 cm³/mol. The number of nitrogens with one attached hydrogen (secondary N) is 1. The summed E-state index contributed by atoms with van der Waals surface area (Å²) >= 11 is 5.77. The highest BCUT2D eigenvalue weighted by Gasteiger charge is 2.36. The summed E-state index contributed by atoms with van der Waals surface area (Å²) in [6.45, 7) is 0.0373. The summed E-state index contributed by atoms with van der Waals surface area (Å²) in [5.74, 6) is -0.510. The van der Waals surface area contributed by atoms with Crippen molar-refractivity contribution < 1.29 is 18.8 Å². The van der Waals surface area contributed by atoms with Gasteiger partial charge in [-0.1, -0.05) is 11.6 Å². The van der Waals surface area contributed by atoms with Crippen LogP contribution >= 0.6 is 11.6 Å². The number of hydrogen-bond donors (Lipinski definition) is 1. The Hall–Kier alpha value is -3.45. The van der Waals surface area contributed by atoms with Gasteiger partial charge in [-0.25, -0.2) is 4.98 Å². The number of rotatable bonds is 4. The van der Waals surface area contributed by atoms with Gasteiger partial charge >= 0.3 is 0 Å². The number of pyridine rings is 1. The van der Waals surface area contributed by atoms with Crippen molar-refractivity contribution in [1.29, 1.82) is 0 Å². The van der Waals surface area contributed by atoms with Crippen LogP contribution in [0.3, 0.4) is 0 Å². The number of furan rings is 1. The molecule has 134 valence electrons. The van der Waals surface area contributed by atoms with Crippen LogP contribution in [0.1, 0.15) is 36.8 Å². The van der Waals surface area contributed by atoms with E-state index in [1.54, 1.807) is 24.3 Å². The molecule has 0 saturated carbocycles. The summed E-state index contributed by atoms with van der Waals surface area (Å²) in [4.78, 5) is 42.6. The number of anilines is 1. The molecule has 3 aromatic rings. The van der Waals surface area contributed by atoms with Crippen molar-refractivity contribution in [3.63, 3.8) is 0 Å². The SMILES string of the molecule is O=C(Nc1ccc(Cl)cn1)c1ccc2c(c1)C(=O)N(Cc1ccco1)C2=O. The summed E-state index contributed by atoms with van der Waals surface area (Å²) < 4.78 is 5.20. The van der Waals surface area contributed by atoms with E-state index < -0.39 is 17.7 Å². The quantitative estimate of drug-likeness (QED) is 0.699. The first kappa shape index (κ1) is 17.0. The van der Waals surface area contributed by atoms with Crippen molar-refractivity contribution in [2.75, 3.05) is 5.32 Å². The first-order valence-corrected chi connectivity index (χ1v) is 8.36. The van der Waals surface area contributed by atoms with E-state index in [1.165, 1.54) is 30.7 Å². The van der Waals surface area contributed by atoms with Crippen LogP contribution in [0.5, 0.6) is 0 Å². The summed E-state index contributed by atoms with van der Waals surface area (Å²) in [7, 11) is 0. The smallest absolute Gasteiger partial charge is 0.261 e. The normalized spacial score (nSPS) is 13.0. The minimum Gasteiger partial charge on any atom is -0.467 e. The second-order valence-electron chi connectivity index (χ2n) is 5.85. The lowest BCUT2D eigenvalue weighted by molar-refractivity contribution is 0.0631. The van der Waals surface area contributed by atoms with Gasteiger partial charge in [-0.15, -0.1) is 0 Å². The molecule has 2 aromatic heterocycles. The molecule has 0 bridgehead atoms. The maximum absolute atomic E-state index is 12.6. The topological polar surface area (TPSA) is 92.5 Å². The Labute approximate surface area is 158 Å². The summed E-state index contributed by atoms with van der Waals surface area (Å²) in [5, 5.41) is 3.07. The first-order chi connectivity index (χ1) is 13.0. The Morgan fingerprint density at radius 3 is 2.63 bits per heavy atom. The Morgan fingerprint density at radius 1 is 1.11 bits per heavy atom. The highest BCUT2D eigenvalue weighted by Crippen LogP contribution is 2.26. The van der Waals surface area contributed by atoms with E-state index in [9.17, 15) is 14.4 Å². The highest BCUT2D eigenvalue weighted by atomic mass is 35.5. The number of carbonyl (C=O) groups is 3. The van der Waals surface area contributed by atoms with E-state index in [2.05, 4.69) is 10.3 Å². The minimum atomic E-state index is -0.467. The van der Waals surface area contributed by atoms with Gasteiger partial charge in [0.1, 0.15) is 11.6 Å². The van der Waals surface area contributed by atoms with E-state index in [4.69, 9.17) is 16.0 Å². The van der Waals surface area contributed by atoms with Gasteiger partial charge in [0.15, 0.2) is 0 Å². The molecule has 8 heteroatoms. The second kappa shape index (κ2) is 6.69. The fourth-order valence-electron chi connectivity index (χ4n) is 2.77. The molecule has 1 aliphatic rings. The van der Waals surface area contributed by atoms with Crippen LogP contribution in [0.4, 0.5) is 5.82 Å². The van der Waals surface area contributed by atoms with Crippen LogP contribution in [0, 0.1) is 0 Å². The van der Waals surface area contributed by atoms with Gasteiger partial charge in [0.2, 0.25) is 0 Å². The molecule has 7 nitrogen and oxygen atoms in total. The number of hydrogen-bond acceptors (Lipinski definition) is 5. The van der Waals surface area contributed by atoms with Crippen LogP contribution in [0.25, 0.3) is 0 Å². The number of benzene rings is 1. The standard InChI is InChI=1S/C19H12ClN3O4/c20-12-4-6-16(21-9-12)22-17(24)11-3-5-14-15(8-11)19(26)23(18(14)25)10-13-2-1-7-27-13/h1-9H,10H2,(H,21,22,24). The number of fused-ring (bicyclic) bond motifs is 1. The number of carbonyl (C=O) groups excluding carboxylic acids is 3. The third kappa shape index (κ3) is 3.20. The molecule has 0 fully saturated rings. The van der Waals surface area contributed by atoms with Crippen molar-refractivity contribution in [1.82, 2.24) is 9.88 Å². The molecule has 0 unspecified atom stereocenters. The number of aromatic nitrogens is 1. The Morgan fingerprint density at radius 2 is 1.93 bits per heavy atom. The summed E-state index contributed by atoms with van der Waals surface area (Å²) in [5.41, 5.74) is 0.683. The lowest BCUT2D eigenvalue weighted by atomic mass is 10.1. The predicted octanol–water partition coefficient (Wildman–Crippen LogP) is 3.38. The lowest BCUT2D eigenvalue weighted by Crippen LogP contribution is -2.28. The van der Waals surface area contributed by atoms with E-state index in [0.29, 0.717) is 16.6 Å². The van der Waals surface area contributed by atoms with Gasteiger partial charge in [-0.2, -0.15) is 0 Å². The molecule has 0 aliphatic carbocycles. The average Bonchev–Trinajstić information content (AvgIpc) is 3.26. The van der Waals surface area contributed by atoms with E-state index in [-0.39, 0.29) is 23.2 Å².